The summed E-state index contributed by atoms with van der Waals surface area (Å²) in [6.07, 6.45) is 1.64. The van der Waals surface area contributed by atoms with E-state index in [0.717, 1.165) is 17.1 Å². The monoisotopic (exact) mass is 569 g/mol. The summed E-state index contributed by atoms with van der Waals surface area (Å²) in [7, 11) is -4.20. The maximum Gasteiger partial charge on any atom is 0.264 e. The predicted octanol–water partition coefficient (Wildman–Crippen LogP) is 4.75. The molecule has 8 nitrogen and oxygen atoms in total. The normalized spacial score (nSPS) is 11.9. The number of carbonyl (C=O) groups is 2. The zero-order valence-electron chi connectivity index (χ0n) is 23.0. The minimum Gasteiger partial charge on any atom is -0.494 e. The molecule has 40 heavy (non-hydrogen) atoms. The zero-order chi connectivity index (χ0) is 29.1. The average Bonchev–Trinajstić information content (AvgIpc) is 2.96. The molecule has 0 radical (unpaired) electrons. The lowest BCUT2D eigenvalue weighted by molar-refractivity contribution is -0.139. The number of benzene rings is 3. The summed E-state index contributed by atoms with van der Waals surface area (Å²) < 4.78 is 48.7. The molecule has 0 fully saturated rings. The van der Waals surface area contributed by atoms with Crippen molar-refractivity contribution in [2.45, 2.75) is 51.1 Å². The highest BCUT2D eigenvalue weighted by Gasteiger charge is 2.32. The van der Waals surface area contributed by atoms with Crippen molar-refractivity contribution in [1.29, 1.82) is 0 Å². The standard InChI is InChI=1S/C30H36FN3O5S/c1-4-6-20-32-30(36)23(3)33(21-24-12-10-11-15-28(24)31)29(35)22-34(25-13-8-7-9-14-25)40(37,38)27-18-16-26(17-19-27)39-5-2/h7-19,23H,4-6,20-22H2,1-3H3,(H,32,36)/t23-/m1/s1. The molecule has 0 saturated carbocycles. The van der Waals surface area contributed by atoms with E-state index in [-0.39, 0.29) is 22.7 Å². The number of hydrogen-bond acceptors (Lipinski definition) is 5. The molecule has 0 unspecified atom stereocenters. The number of nitrogens with zero attached hydrogens (tertiary/aromatic N) is 2. The first kappa shape index (κ1) is 30.6. The molecule has 10 heteroatoms. The van der Waals surface area contributed by atoms with E-state index < -0.39 is 40.2 Å². The lowest BCUT2D eigenvalue weighted by Gasteiger charge is -2.32. The molecule has 0 aliphatic carbocycles. The van der Waals surface area contributed by atoms with Crippen LogP contribution in [0.15, 0.2) is 83.8 Å². The summed E-state index contributed by atoms with van der Waals surface area (Å²) >= 11 is 0. The first-order chi connectivity index (χ1) is 19.2. The van der Waals surface area contributed by atoms with Crippen molar-refractivity contribution in [1.82, 2.24) is 10.2 Å². The van der Waals surface area contributed by atoms with Gasteiger partial charge in [-0.3, -0.25) is 13.9 Å². The molecule has 0 saturated heterocycles. The van der Waals surface area contributed by atoms with Crippen molar-refractivity contribution < 1.29 is 27.1 Å². The van der Waals surface area contributed by atoms with Gasteiger partial charge in [-0.2, -0.15) is 0 Å². The molecule has 1 atom stereocenters. The molecule has 0 spiro atoms. The summed E-state index contributed by atoms with van der Waals surface area (Å²) in [4.78, 5) is 28.0. The number of anilines is 1. The molecule has 214 valence electrons. The fourth-order valence-electron chi connectivity index (χ4n) is 4.05. The maximum absolute atomic E-state index is 14.6. The Kier molecular flexibility index (Phi) is 11.1. The SMILES string of the molecule is CCCCNC(=O)[C@@H](C)N(Cc1ccccc1F)C(=O)CN(c1ccccc1)S(=O)(=O)c1ccc(OCC)cc1. The van der Waals surface area contributed by atoms with E-state index in [9.17, 15) is 22.4 Å². The third-order valence-corrected chi connectivity index (χ3v) is 8.13. The summed E-state index contributed by atoms with van der Waals surface area (Å²) in [5.41, 5.74) is 0.486. The average molecular weight is 570 g/mol. The van der Waals surface area contributed by atoms with E-state index in [1.807, 2.05) is 13.8 Å². The Labute approximate surface area is 235 Å². The van der Waals surface area contributed by atoms with Crippen LogP contribution in [-0.2, 0) is 26.2 Å². The van der Waals surface area contributed by atoms with Gasteiger partial charge in [-0.05, 0) is 62.7 Å². The molecule has 0 heterocycles. The minimum absolute atomic E-state index is 0.0291. The fraction of sp³-hybridized carbons (Fsp3) is 0.333. The number of carbonyl (C=O) groups excluding carboxylic acids is 2. The number of unbranched alkanes of at least 4 members (excludes halogenated alkanes) is 1. The molecule has 2 amide bonds. The quantitative estimate of drug-likeness (QED) is 0.283. The van der Waals surface area contributed by atoms with Crippen LogP contribution in [0.5, 0.6) is 5.75 Å². The molecule has 1 N–H and O–H groups in total. The van der Waals surface area contributed by atoms with E-state index in [2.05, 4.69) is 5.32 Å². The molecule has 3 rings (SSSR count). The third kappa shape index (κ3) is 7.81. The van der Waals surface area contributed by atoms with Crippen molar-refractivity contribution in [3.8, 4) is 5.75 Å². The van der Waals surface area contributed by atoms with Crippen molar-refractivity contribution >= 4 is 27.5 Å². The van der Waals surface area contributed by atoms with Crippen LogP contribution in [0.25, 0.3) is 0 Å². The lowest BCUT2D eigenvalue weighted by atomic mass is 10.1. The van der Waals surface area contributed by atoms with Gasteiger partial charge in [-0.25, -0.2) is 12.8 Å². The fourth-order valence-corrected chi connectivity index (χ4v) is 5.47. The van der Waals surface area contributed by atoms with Crippen LogP contribution < -0.4 is 14.4 Å². The third-order valence-electron chi connectivity index (χ3n) is 6.34. The first-order valence-corrected chi connectivity index (χ1v) is 14.7. The second-order valence-corrected chi connectivity index (χ2v) is 11.0. The van der Waals surface area contributed by atoms with Gasteiger partial charge in [0.15, 0.2) is 0 Å². The van der Waals surface area contributed by atoms with Gasteiger partial charge in [0.25, 0.3) is 10.0 Å². The van der Waals surface area contributed by atoms with E-state index in [4.69, 9.17) is 4.74 Å². The number of hydrogen-bond donors (Lipinski definition) is 1. The second kappa shape index (κ2) is 14.5. The van der Waals surface area contributed by atoms with Crippen LogP contribution in [0.4, 0.5) is 10.1 Å². The Balaban J connectivity index is 1.97. The van der Waals surface area contributed by atoms with E-state index in [1.54, 1.807) is 55.5 Å². The molecule has 0 aliphatic heterocycles. The highest BCUT2D eigenvalue weighted by molar-refractivity contribution is 7.92. The Morgan fingerprint density at radius 3 is 2.23 bits per heavy atom. The molecule has 0 aliphatic rings. The van der Waals surface area contributed by atoms with Gasteiger partial charge >= 0.3 is 0 Å². The van der Waals surface area contributed by atoms with E-state index in [0.29, 0.717) is 18.9 Å². The Morgan fingerprint density at radius 1 is 0.950 bits per heavy atom. The van der Waals surface area contributed by atoms with Gasteiger partial charge in [0.05, 0.1) is 17.2 Å². The van der Waals surface area contributed by atoms with Crippen LogP contribution in [0, 0.1) is 5.82 Å². The number of amides is 2. The van der Waals surface area contributed by atoms with Crippen molar-refractivity contribution in [2.24, 2.45) is 0 Å². The zero-order valence-corrected chi connectivity index (χ0v) is 23.9. The van der Waals surface area contributed by atoms with Crippen molar-refractivity contribution in [3.63, 3.8) is 0 Å². The summed E-state index contributed by atoms with van der Waals surface area (Å²) in [6.45, 7) is 5.43. The Hall–Kier alpha value is -3.92. The molecule has 3 aromatic rings. The van der Waals surface area contributed by atoms with Gasteiger partial charge < -0.3 is 15.0 Å². The summed E-state index contributed by atoms with van der Waals surface area (Å²) in [5, 5.41) is 2.81. The smallest absolute Gasteiger partial charge is 0.264 e. The largest absolute Gasteiger partial charge is 0.494 e. The molecule has 0 aromatic heterocycles. The van der Waals surface area contributed by atoms with Gasteiger partial charge in [0, 0.05) is 18.7 Å². The van der Waals surface area contributed by atoms with Crippen LogP contribution in [0.3, 0.4) is 0 Å². The number of halogens is 1. The van der Waals surface area contributed by atoms with E-state index in [1.165, 1.54) is 35.2 Å². The highest BCUT2D eigenvalue weighted by atomic mass is 32.2. The van der Waals surface area contributed by atoms with Crippen molar-refractivity contribution in [3.05, 3.63) is 90.2 Å². The van der Waals surface area contributed by atoms with Gasteiger partial charge in [0.2, 0.25) is 11.8 Å². The lowest BCUT2D eigenvalue weighted by Crippen LogP contribution is -2.51. The minimum atomic E-state index is -4.20. The molecule has 0 bridgehead atoms. The summed E-state index contributed by atoms with van der Waals surface area (Å²) in [5.74, 6) is -1.07. The second-order valence-electron chi connectivity index (χ2n) is 9.19. The van der Waals surface area contributed by atoms with Crippen LogP contribution in [0.1, 0.15) is 39.2 Å². The number of rotatable bonds is 14. The van der Waals surface area contributed by atoms with Gasteiger partial charge in [-0.15, -0.1) is 0 Å². The molecular weight excluding hydrogens is 533 g/mol. The number of para-hydroxylation sites is 1. The maximum atomic E-state index is 14.6. The van der Waals surface area contributed by atoms with Crippen LogP contribution in [0.2, 0.25) is 0 Å². The predicted molar refractivity (Wildman–Crippen MR) is 153 cm³/mol. The number of sulfonamides is 1. The van der Waals surface area contributed by atoms with Crippen LogP contribution in [-0.4, -0.2) is 50.9 Å². The van der Waals surface area contributed by atoms with Crippen molar-refractivity contribution in [2.75, 3.05) is 24.0 Å². The number of nitrogens with one attached hydrogen (secondary N) is 1. The van der Waals surface area contributed by atoms with E-state index >= 15 is 0 Å². The van der Waals surface area contributed by atoms with Crippen LogP contribution >= 0.6 is 0 Å². The topological polar surface area (TPSA) is 96.0 Å². The Morgan fingerprint density at radius 2 is 1.60 bits per heavy atom. The Bertz CT molecular complexity index is 1370. The number of ether oxygens (including phenoxy) is 1. The summed E-state index contributed by atoms with van der Waals surface area (Å²) in [6, 6.07) is 19.2. The first-order valence-electron chi connectivity index (χ1n) is 13.3. The molecule has 3 aromatic carbocycles. The highest BCUT2D eigenvalue weighted by Crippen LogP contribution is 2.26. The molecular formula is C30H36FN3O5S. The van der Waals surface area contributed by atoms with Gasteiger partial charge in [-0.1, -0.05) is 49.7 Å². The van der Waals surface area contributed by atoms with Gasteiger partial charge in [0.1, 0.15) is 24.2 Å².